The van der Waals surface area contributed by atoms with Crippen molar-refractivity contribution in [1.29, 1.82) is 0 Å². The van der Waals surface area contributed by atoms with Crippen LogP contribution in [0.3, 0.4) is 0 Å². The molecule has 6 heteroatoms. The zero-order valence-electron chi connectivity index (χ0n) is 21.5. The Bertz CT molecular complexity index is 1660. The molecule has 5 nitrogen and oxygen atoms in total. The maximum atomic E-state index is 11.2. The van der Waals surface area contributed by atoms with Crippen molar-refractivity contribution in [1.82, 2.24) is 19.9 Å². The van der Waals surface area contributed by atoms with Gasteiger partial charge < -0.3 is 9.97 Å². The van der Waals surface area contributed by atoms with Crippen LogP contribution < -0.4 is 4.08 Å². The third-order valence-corrected chi connectivity index (χ3v) is 15.2. The van der Waals surface area contributed by atoms with Gasteiger partial charge in [0, 0.05) is 22.1 Å². The molecule has 2 aliphatic rings. The number of nitrogens with zero attached hydrogens (tertiary/aromatic N) is 2. The van der Waals surface area contributed by atoms with Crippen LogP contribution in [0.2, 0.25) is 21.8 Å². The molecule has 8 bridgehead atoms. The second-order valence-electron chi connectivity index (χ2n) is 10.7. The second kappa shape index (κ2) is 8.57. The van der Waals surface area contributed by atoms with Crippen LogP contribution in [0.25, 0.3) is 46.4 Å². The molecule has 37 heavy (non-hydrogen) atoms. The van der Waals surface area contributed by atoms with Crippen molar-refractivity contribution in [3.63, 3.8) is 0 Å². The summed E-state index contributed by atoms with van der Waals surface area (Å²) in [6, 6.07) is 26.4. The number of aromatic nitrogens is 4. The van der Waals surface area contributed by atoms with E-state index in [1.165, 1.54) is 0 Å². The molecule has 4 aromatic rings. The Hall–Kier alpha value is -3.95. The maximum absolute atomic E-state index is 11.2. The number of hydrogen-bond donors (Lipinski definition) is 2. The fraction of sp³-hybridized carbons (Fsp3) is 0.129. The average Bonchev–Trinajstić information content (AvgIpc) is 3.66. The van der Waals surface area contributed by atoms with Crippen LogP contribution >= 0.6 is 0 Å². The van der Waals surface area contributed by atoms with Crippen LogP contribution in [0.5, 0.6) is 0 Å². The number of H-pyrrole nitrogens is 2. The minimum absolute atomic E-state index is 0.939. The molecule has 0 saturated carbocycles. The van der Waals surface area contributed by atoms with E-state index in [-0.39, 0.29) is 0 Å². The Kier molecular flexibility index (Phi) is 5.73. The first-order valence-electron chi connectivity index (χ1n) is 11.6. The second-order valence-corrected chi connectivity index (χ2v) is 37.1. The normalized spacial score (nSPS) is 14.2. The van der Waals surface area contributed by atoms with Crippen molar-refractivity contribution in [3.05, 3.63) is 102 Å². The first-order chi connectivity index (χ1) is 17.5. The number of nitrogens with one attached hydrogen (secondary N) is 2. The molecule has 2 aliphatic heterocycles. The van der Waals surface area contributed by atoms with E-state index in [1.54, 1.807) is 0 Å². The van der Waals surface area contributed by atoms with Gasteiger partial charge in [-0.25, -0.2) is 9.97 Å². The molecule has 5 heterocycles. The summed E-state index contributed by atoms with van der Waals surface area (Å²) < 4.78 is 3.51. The van der Waals surface area contributed by atoms with Gasteiger partial charge in [-0.3, -0.25) is 0 Å². The van der Waals surface area contributed by atoms with Crippen molar-refractivity contribution in [2.75, 3.05) is 0 Å². The van der Waals surface area contributed by atoms with E-state index < -0.39 is 12.4 Å². The Morgan fingerprint density at radius 2 is 0.919 bits per heavy atom. The van der Waals surface area contributed by atoms with E-state index in [2.05, 4.69) is 70.3 Å². The summed E-state index contributed by atoms with van der Waals surface area (Å²) in [4.78, 5) is 27.2. The van der Waals surface area contributed by atoms with Crippen LogP contribution in [-0.2, 0) is 17.2 Å². The van der Waals surface area contributed by atoms with Crippen LogP contribution in [0, 0.1) is 0 Å². The number of rotatable bonds is 1. The van der Waals surface area contributed by atoms with Gasteiger partial charge in [-0.2, -0.15) is 0 Å². The van der Waals surface area contributed by atoms with Gasteiger partial charge in [-0.05, 0) is 72.8 Å². The van der Waals surface area contributed by atoms with Crippen molar-refractivity contribution in [2.24, 2.45) is 0 Å². The number of hydrogen-bond acceptors (Lipinski definition) is 3. The molecule has 0 fully saturated rings. The van der Waals surface area contributed by atoms with Gasteiger partial charge in [0.2, 0.25) is 0 Å². The Balaban J connectivity index is 0.000000184. The first kappa shape index (κ1) is 24.7. The molecule has 2 N–H and O–H groups in total. The number of carbonyl (C=O) groups excluding carboxylic acids is 1. The SMILES string of the molecule is C1=Cc2cc3ccc(cc4nc(cc5ccc(cc1n2)[nH]5)C=C4)[nH]3.[CH3][Ir]([CH3])([CH3])([CH3])(=[C]=O)[c]1ccccc1. The molecule has 0 atom stereocenters. The quantitative estimate of drug-likeness (QED) is 0.191. The number of aromatic amines is 2. The zero-order chi connectivity index (χ0) is 26.2. The van der Waals surface area contributed by atoms with E-state index in [9.17, 15) is 4.79 Å². The van der Waals surface area contributed by atoms with Crippen LogP contribution in [0.4, 0.5) is 0 Å². The monoisotopic (exact) mass is 668 g/mol. The molecular weight excluding hydrogens is 637 g/mol. The van der Waals surface area contributed by atoms with Crippen LogP contribution in [-0.4, -0.2) is 24.3 Å². The van der Waals surface area contributed by atoms with Gasteiger partial charge in [0.05, 0.1) is 22.8 Å². The van der Waals surface area contributed by atoms with Crippen molar-refractivity contribution >= 4 is 54.8 Å². The van der Waals surface area contributed by atoms with Crippen LogP contribution in [0.1, 0.15) is 22.8 Å². The summed E-state index contributed by atoms with van der Waals surface area (Å²) in [5.41, 5.74) is 16.2. The van der Waals surface area contributed by atoms with E-state index in [0.29, 0.717) is 0 Å². The summed E-state index contributed by atoms with van der Waals surface area (Å²) >= 11 is -3.59. The van der Waals surface area contributed by atoms with Gasteiger partial charge in [0.1, 0.15) is 0 Å². The van der Waals surface area contributed by atoms with E-state index in [1.807, 2.05) is 78.9 Å². The van der Waals surface area contributed by atoms with Crippen LogP contribution in [0.15, 0.2) is 78.9 Å². The van der Waals surface area contributed by atoms with Gasteiger partial charge in [0.15, 0.2) is 0 Å². The van der Waals surface area contributed by atoms with E-state index in [4.69, 9.17) is 0 Å². The van der Waals surface area contributed by atoms with Crippen molar-refractivity contribution in [2.45, 2.75) is 21.8 Å². The summed E-state index contributed by atoms with van der Waals surface area (Å²) in [5, 5.41) is 0. The standard InChI is InChI=1S/C20H14N4.C6H5.CO.4CH3.Ir/c1-2-14-10-16-5-6-18(23-16)12-20-8-7-19(24-20)11-17-4-3-15(22-17)9-13(1)21-14;1-2-4-6-5-3-1;1-2;;;;;/h1-12,21,24H;1-5H;;4*1H3;. The molecule has 190 valence electrons. The molecular formula is C31H31IrN4O. The van der Waals surface area contributed by atoms with E-state index in [0.717, 1.165) is 48.9 Å². The fourth-order valence-electron chi connectivity index (χ4n) is 3.89. The van der Waals surface area contributed by atoms with E-state index >= 15 is 0 Å². The number of fused-ring (bicyclic) bond motifs is 8. The zero-order valence-corrected chi connectivity index (χ0v) is 23.8. The summed E-state index contributed by atoms with van der Waals surface area (Å²) in [6.45, 7) is 0. The molecule has 0 aliphatic carbocycles. The minimum atomic E-state index is -3.59. The molecule has 0 saturated heterocycles. The van der Waals surface area contributed by atoms with Gasteiger partial charge in [-0.15, -0.1) is 0 Å². The topological polar surface area (TPSA) is 74.4 Å². The Morgan fingerprint density at radius 3 is 1.24 bits per heavy atom. The Morgan fingerprint density at radius 1 is 0.568 bits per heavy atom. The average molecular weight is 668 g/mol. The van der Waals surface area contributed by atoms with Gasteiger partial charge in [-0.1, -0.05) is 0 Å². The summed E-state index contributed by atoms with van der Waals surface area (Å²) in [6.07, 6.45) is 8.09. The Labute approximate surface area is 214 Å². The molecule has 0 amide bonds. The third-order valence-electron chi connectivity index (χ3n) is 5.93. The predicted molar refractivity (Wildman–Crippen MR) is 154 cm³/mol. The number of benzene rings is 1. The molecule has 0 spiro atoms. The first-order valence-corrected chi connectivity index (χ1v) is 23.6. The predicted octanol–water partition coefficient (Wildman–Crippen LogP) is 7.45. The molecule has 0 radical (unpaired) electrons. The van der Waals surface area contributed by atoms with Gasteiger partial charge >= 0.3 is 77.8 Å². The third kappa shape index (κ3) is 5.73. The molecule has 0 unspecified atom stereocenters. The molecule has 6 rings (SSSR count). The summed E-state index contributed by atoms with van der Waals surface area (Å²) in [7, 11) is 0. The van der Waals surface area contributed by atoms with Gasteiger partial charge in [0.25, 0.3) is 0 Å². The van der Waals surface area contributed by atoms with Crippen molar-refractivity contribution < 1.29 is 17.2 Å². The molecule has 3 aromatic heterocycles. The molecule has 1 aromatic carbocycles. The fourth-order valence-corrected chi connectivity index (χ4v) is 8.22. The van der Waals surface area contributed by atoms with Crippen molar-refractivity contribution in [3.8, 4) is 0 Å². The summed E-state index contributed by atoms with van der Waals surface area (Å²) in [5.74, 6) is 0.